The first kappa shape index (κ1) is 36.5. The zero-order chi connectivity index (χ0) is 35.9. The molecule has 0 amide bonds. The Morgan fingerprint density at radius 1 is 0.700 bits per heavy atom. The second kappa shape index (κ2) is 15.8. The number of rotatable bonds is 13. The number of unbranched alkanes of at least 4 members (excludes halogenated alkanes) is 4. The molecule has 2 N–H and O–H groups in total. The molecule has 2 aliphatic heterocycles. The van der Waals surface area contributed by atoms with Crippen molar-refractivity contribution in [2.45, 2.75) is 116 Å². The van der Waals surface area contributed by atoms with Gasteiger partial charge in [0.15, 0.2) is 16.9 Å². The highest BCUT2D eigenvalue weighted by Gasteiger charge is 2.40. The van der Waals surface area contributed by atoms with Crippen molar-refractivity contribution in [3.63, 3.8) is 0 Å². The van der Waals surface area contributed by atoms with Crippen LogP contribution in [0.2, 0.25) is 0 Å². The fraction of sp³-hybridized carbons (Fsp3) is 0.487. The number of benzene rings is 2. The minimum Gasteiger partial charge on any atom is -0.455 e. The van der Waals surface area contributed by atoms with Crippen LogP contribution in [0, 0.1) is 5.92 Å². The first-order chi connectivity index (χ1) is 23.8. The van der Waals surface area contributed by atoms with E-state index in [0.717, 1.165) is 5.92 Å². The average Bonchev–Trinajstić information content (AvgIpc) is 3.04. The lowest BCUT2D eigenvalue weighted by Gasteiger charge is -2.29. The first-order valence-electron chi connectivity index (χ1n) is 17.6. The van der Waals surface area contributed by atoms with Crippen LogP contribution in [-0.2, 0) is 38.1 Å². The van der Waals surface area contributed by atoms with Gasteiger partial charge in [0.2, 0.25) is 0 Å². The molecule has 0 bridgehead atoms. The van der Waals surface area contributed by atoms with E-state index >= 15 is 0 Å². The Morgan fingerprint density at radius 2 is 1.24 bits per heavy atom. The van der Waals surface area contributed by atoms with Gasteiger partial charge in [-0.1, -0.05) is 57.6 Å². The Bertz CT molecular complexity index is 1590. The smallest absolute Gasteiger partial charge is 0.350 e. The Morgan fingerprint density at radius 3 is 1.80 bits per heavy atom. The van der Waals surface area contributed by atoms with Gasteiger partial charge in [-0.15, -0.1) is 0 Å². The molecule has 0 unspecified atom stereocenters. The number of cyclic esters (lactones) is 4. The first-order valence-corrected chi connectivity index (χ1v) is 17.6. The molecule has 11 heteroatoms. The van der Waals surface area contributed by atoms with Gasteiger partial charge in [-0.3, -0.25) is 0 Å². The highest BCUT2D eigenvalue weighted by Crippen LogP contribution is 2.39. The summed E-state index contributed by atoms with van der Waals surface area (Å²) in [5.41, 5.74) is 1.46. The largest absolute Gasteiger partial charge is 0.455 e. The third-order valence-corrected chi connectivity index (χ3v) is 9.11. The van der Waals surface area contributed by atoms with Crippen LogP contribution in [-0.4, -0.2) is 35.5 Å². The summed E-state index contributed by atoms with van der Waals surface area (Å²) in [6.45, 7) is 8.12. The number of esters is 4. The number of hydrogen-bond donors (Lipinski definition) is 2. The maximum atomic E-state index is 12.6. The van der Waals surface area contributed by atoms with Crippen molar-refractivity contribution in [3.05, 3.63) is 71.6 Å². The molecule has 0 radical (unpaired) electrons. The van der Waals surface area contributed by atoms with Crippen LogP contribution in [0.5, 0.6) is 11.5 Å². The zero-order valence-electron chi connectivity index (χ0n) is 29.6. The molecule has 2 saturated heterocycles. The average molecular weight is 689 g/mol. The van der Waals surface area contributed by atoms with Crippen molar-refractivity contribution in [1.82, 2.24) is 0 Å². The van der Waals surface area contributed by atoms with Crippen LogP contribution in [0.3, 0.4) is 0 Å². The summed E-state index contributed by atoms with van der Waals surface area (Å²) < 4.78 is 27.0. The number of nitrogens with one attached hydrogen (secondary N) is 2. The number of carbonyl (C=O) groups is 4. The van der Waals surface area contributed by atoms with Crippen LogP contribution >= 0.6 is 0 Å². The van der Waals surface area contributed by atoms with E-state index in [9.17, 15) is 19.2 Å². The molecule has 11 nitrogen and oxygen atoms in total. The minimum absolute atomic E-state index is 0.312. The van der Waals surface area contributed by atoms with Gasteiger partial charge in [-0.2, -0.15) is 0 Å². The molecule has 268 valence electrons. The Kier molecular flexibility index (Phi) is 11.5. The molecular weight excluding hydrogens is 640 g/mol. The lowest BCUT2D eigenvalue weighted by Crippen LogP contribution is -2.42. The molecule has 1 aliphatic carbocycles. The molecule has 2 heterocycles. The maximum Gasteiger partial charge on any atom is 0.350 e. The minimum atomic E-state index is -1.38. The molecule has 50 heavy (non-hydrogen) atoms. The van der Waals surface area contributed by atoms with Crippen molar-refractivity contribution >= 4 is 35.3 Å². The van der Waals surface area contributed by atoms with E-state index in [1.807, 2.05) is 12.1 Å². The van der Waals surface area contributed by atoms with Gasteiger partial charge in [0.25, 0.3) is 11.6 Å². The van der Waals surface area contributed by atoms with E-state index in [0.29, 0.717) is 28.8 Å². The molecule has 3 fully saturated rings. The van der Waals surface area contributed by atoms with Gasteiger partial charge < -0.3 is 34.3 Å². The van der Waals surface area contributed by atoms with Crippen LogP contribution in [0.1, 0.15) is 110 Å². The van der Waals surface area contributed by atoms with Crippen molar-refractivity contribution in [3.8, 4) is 11.5 Å². The highest BCUT2D eigenvalue weighted by molar-refractivity contribution is 6.16. The molecule has 0 atom stereocenters. The summed E-state index contributed by atoms with van der Waals surface area (Å²) in [5.74, 6) is -3.72. The van der Waals surface area contributed by atoms with Gasteiger partial charge in [0.05, 0.1) is 5.69 Å². The molecule has 2 aromatic carbocycles. The Balaban J connectivity index is 1.28. The summed E-state index contributed by atoms with van der Waals surface area (Å²) in [6.07, 6.45) is 15.3. The summed E-state index contributed by atoms with van der Waals surface area (Å²) in [7, 11) is 0. The summed E-state index contributed by atoms with van der Waals surface area (Å²) >= 11 is 0. The van der Waals surface area contributed by atoms with E-state index in [1.165, 1.54) is 110 Å². The lowest BCUT2D eigenvalue weighted by molar-refractivity contribution is -0.224. The van der Waals surface area contributed by atoms with Gasteiger partial charge >= 0.3 is 23.9 Å². The fourth-order valence-electron chi connectivity index (χ4n) is 6.44. The molecule has 1 saturated carbocycles. The van der Waals surface area contributed by atoms with E-state index in [-0.39, 0.29) is 11.1 Å². The maximum absolute atomic E-state index is 12.6. The van der Waals surface area contributed by atoms with Crippen molar-refractivity contribution in [1.29, 1.82) is 0 Å². The molecule has 3 aliphatic rings. The Hall–Kier alpha value is -4.80. The van der Waals surface area contributed by atoms with E-state index in [2.05, 4.69) is 29.7 Å². The predicted octanol–water partition coefficient (Wildman–Crippen LogP) is 8.38. The summed E-state index contributed by atoms with van der Waals surface area (Å²) in [5, 5.41) is 5.86. The van der Waals surface area contributed by atoms with Crippen molar-refractivity contribution in [2.75, 3.05) is 10.6 Å². The molecular formula is C39H48N2O9. The quantitative estimate of drug-likeness (QED) is 0.0908. The van der Waals surface area contributed by atoms with E-state index < -0.39 is 35.5 Å². The van der Waals surface area contributed by atoms with E-state index in [1.54, 1.807) is 18.2 Å². The zero-order valence-corrected chi connectivity index (χ0v) is 29.6. The summed E-state index contributed by atoms with van der Waals surface area (Å²) in [4.78, 5) is 49.9. The molecule has 5 rings (SSSR count). The highest BCUT2D eigenvalue weighted by atomic mass is 16.7. The van der Waals surface area contributed by atoms with Gasteiger partial charge in [0, 0.05) is 45.8 Å². The standard InChI is InChI=1S/C39H48N2O9/c1-6-7-8-9-10-11-25-12-14-26(15-13-25)27-16-19-29(20-17-27)46-33-21-18-28(40-23-30-34(42)47-38(2,3)48-35(30)43)22-32(33)41-24-31-36(44)49-39(4,5)50-37(31)45/h16-26,40-41H,6-15H2,1-5H3. The van der Waals surface area contributed by atoms with E-state index in [4.69, 9.17) is 23.7 Å². The second-order valence-corrected chi connectivity index (χ2v) is 14.1. The molecule has 0 spiro atoms. The molecule has 2 aromatic rings. The fourth-order valence-corrected chi connectivity index (χ4v) is 6.44. The second-order valence-electron chi connectivity index (χ2n) is 14.1. The normalized spacial score (nSPS) is 21.3. The third kappa shape index (κ3) is 9.67. The lowest BCUT2D eigenvalue weighted by atomic mass is 9.77. The monoisotopic (exact) mass is 688 g/mol. The van der Waals surface area contributed by atoms with Crippen molar-refractivity contribution < 1.29 is 42.9 Å². The van der Waals surface area contributed by atoms with Gasteiger partial charge in [0.1, 0.15) is 5.75 Å². The van der Waals surface area contributed by atoms with Crippen LogP contribution in [0.15, 0.2) is 66.0 Å². The number of ether oxygens (including phenoxy) is 5. The topological polar surface area (TPSA) is 138 Å². The van der Waals surface area contributed by atoms with Crippen LogP contribution in [0.4, 0.5) is 11.4 Å². The molecule has 0 aromatic heterocycles. The van der Waals surface area contributed by atoms with Gasteiger partial charge in [-0.25, -0.2) is 19.2 Å². The van der Waals surface area contributed by atoms with Gasteiger partial charge in [-0.05, 0) is 73.4 Å². The number of hydrogen-bond acceptors (Lipinski definition) is 11. The Labute approximate surface area is 293 Å². The SMILES string of the molecule is CCCCCCCC1CCC(c2ccc(Oc3ccc(NC=C4C(=O)OC(C)(C)OC4=O)cc3NC=C3C(=O)OC(C)(C)OC3=O)cc2)CC1. The van der Waals surface area contributed by atoms with Crippen LogP contribution in [0.25, 0.3) is 0 Å². The van der Waals surface area contributed by atoms with Crippen LogP contribution < -0.4 is 15.4 Å². The third-order valence-electron chi connectivity index (χ3n) is 9.11. The number of anilines is 2. The summed E-state index contributed by atoms with van der Waals surface area (Å²) in [6, 6.07) is 13.1. The predicted molar refractivity (Wildman–Crippen MR) is 187 cm³/mol. The number of carbonyl (C=O) groups excluding carboxylic acids is 4. The van der Waals surface area contributed by atoms with Crippen molar-refractivity contribution in [2.24, 2.45) is 5.92 Å².